The van der Waals surface area contributed by atoms with Crippen LogP contribution in [0.15, 0.2) is 11.6 Å². The Bertz CT molecular complexity index is 851. The molecule has 8 atom stereocenters. The van der Waals surface area contributed by atoms with Crippen molar-refractivity contribution in [3.8, 4) is 0 Å². The summed E-state index contributed by atoms with van der Waals surface area (Å²) in [6, 6.07) is 0. The zero-order chi connectivity index (χ0) is 25.0. The lowest BCUT2D eigenvalue weighted by molar-refractivity contribution is -0.171. The maximum Gasteiger partial charge on any atom is 0.309 e. The molecule has 3 nitrogen and oxygen atoms in total. The molecule has 0 amide bonds. The number of allylic oxidation sites excluding steroid dienone is 1. The van der Waals surface area contributed by atoms with Crippen LogP contribution in [0.5, 0.6) is 0 Å². The SMILES string of the molecule is CCCCC1CCC(C(=O)O[C@H]2CCC3C4C(C)CC5=CC(=O)CC[C@]5(C)C4C(C)C[C@@]32C)CC1. The number of ether oxygens (including phenoxy) is 1. The molecule has 4 fully saturated rings. The third-order valence-corrected chi connectivity index (χ3v) is 11.9. The molecule has 196 valence electrons. The molecule has 0 heterocycles. The first-order valence-corrected chi connectivity index (χ1v) is 15.1. The minimum Gasteiger partial charge on any atom is -0.462 e. The summed E-state index contributed by atoms with van der Waals surface area (Å²) in [5, 5.41) is 0. The van der Waals surface area contributed by atoms with Gasteiger partial charge >= 0.3 is 5.97 Å². The highest BCUT2D eigenvalue weighted by molar-refractivity contribution is 5.91. The average Bonchev–Trinajstić information content (AvgIpc) is 3.14. The Balaban J connectivity index is 1.29. The lowest BCUT2D eigenvalue weighted by Crippen LogP contribution is -2.57. The summed E-state index contributed by atoms with van der Waals surface area (Å²) in [6.45, 7) is 12.1. The van der Waals surface area contributed by atoms with Gasteiger partial charge in [0.15, 0.2) is 5.78 Å². The van der Waals surface area contributed by atoms with Gasteiger partial charge in [0.25, 0.3) is 0 Å². The summed E-state index contributed by atoms with van der Waals surface area (Å²) in [4.78, 5) is 25.6. The van der Waals surface area contributed by atoms with E-state index in [0.29, 0.717) is 41.8 Å². The summed E-state index contributed by atoms with van der Waals surface area (Å²) in [7, 11) is 0. The second kappa shape index (κ2) is 9.64. The number of carbonyl (C=O) groups is 2. The summed E-state index contributed by atoms with van der Waals surface area (Å²) in [5.41, 5.74) is 1.72. The van der Waals surface area contributed by atoms with Crippen LogP contribution in [0, 0.1) is 52.3 Å². The van der Waals surface area contributed by atoms with Gasteiger partial charge in [-0.2, -0.15) is 0 Å². The molecule has 0 saturated heterocycles. The predicted octanol–water partition coefficient (Wildman–Crippen LogP) is 7.92. The first-order chi connectivity index (χ1) is 16.7. The first-order valence-electron chi connectivity index (χ1n) is 15.1. The van der Waals surface area contributed by atoms with E-state index in [1.165, 1.54) is 44.1 Å². The van der Waals surface area contributed by atoms with Gasteiger partial charge in [0.2, 0.25) is 0 Å². The van der Waals surface area contributed by atoms with Gasteiger partial charge in [0.05, 0.1) is 5.92 Å². The van der Waals surface area contributed by atoms with Crippen LogP contribution >= 0.6 is 0 Å². The van der Waals surface area contributed by atoms with E-state index in [2.05, 4.69) is 34.6 Å². The number of hydrogen-bond donors (Lipinski definition) is 0. The Morgan fingerprint density at radius 3 is 2.51 bits per heavy atom. The van der Waals surface area contributed by atoms with Crippen LogP contribution in [-0.2, 0) is 14.3 Å². The van der Waals surface area contributed by atoms with E-state index in [-0.39, 0.29) is 28.8 Å². The third kappa shape index (κ3) is 4.35. The summed E-state index contributed by atoms with van der Waals surface area (Å²) < 4.78 is 6.45. The van der Waals surface area contributed by atoms with Crippen LogP contribution in [0.25, 0.3) is 0 Å². The summed E-state index contributed by atoms with van der Waals surface area (Å²) in [6.07, 6.45) is 16.7. The molecule has 4 saturated carbocycles. The molecular formula is C32H50O3. The normalized spacial score (nSPS) is 47.3. The molecule has 0 aliphatic heterocycles. The number of rotatable bonds is 5. The first kappa shape index (κ1) is 25.5. The lowest BCUT2D eigenvalue weighted by atomic mass is 9.43. The number of fused-ring (bicyclic) bond motifs is 5. The Hall–Kier alpha value is -1.12. The van der Waals surface area contributed by atoms with E-state index in [1.54, 1.807) is 0 Å². The van der Waals surface area contributed by atoms with E-state index in [1.807, 2.05) is 6.08 Å². The zero-order valence-corrected chi connectivity index (χ0v) is 23.1. The van der Waals surface area contributed by atoms with Crippen molar-refractivity contribution < 1.29 is 14.3 Å². The Morgan fingerprint density at radius 1 is 1.06 bits per heavy atom. The van der Waals surface area contributed by atoms with Gasteiger partial charge in [-0.25, -0.2) is 0 Å². The van der Waals surface area contributed by atoms with Crippen LogP contribution < -0.4 is 0 Å². The van der Waals surface area contributed by atoms with Crippen molar-refractivity contribution in [1.29, 1.82) is 0 Å². The number of hydrogen-bond acceptors (Lipinski definition) is 3. The van der Waals surface area contributed by atoms with Crippen LogP contribution in [0.1, 0.15) is 118 Å². The number of ketones is 1. The summed E-state index contributed by atoms with van der Waals surface area (Å²) in [5.74, 6) is 4.56. The zero-order valence-electron chi connectivity index (χ0n) is 23.1. The van der Waals surface area contributed by atoms with Gasteiger partial charge in [0.1, 0.15) is 6.10 Å². The second-order valence-corrected chi connectivity index (χ2v) is 14.0. The van der Waals surface area contributed by atoms with Crippen molar-refractivity contribution in [3.05, 3.63) is 11.6 Å². The van der Waals surface area contributed by atoms with Crippen molar-refractivity contribution in [1.82, 2.24) is 0 Å². The van der Waals surface area contributed by atoms with Gasteiger partial charge in [-0.3, -0.25) is 9.59 Å². The van der Waals surface area contributed by atoms with Gasteiger partial charge in [-0.05, 0) is 105 Å². The van der Waals surface area contributed by atoms with E-state index in [0.717, 1.165) is 44.4 Å². The fourth-order valence-electron chi connectivity index (χ4n) is 10.1. The fraction of sp³-hybridized carbons (Fsp3) is 0.875. The molecule has 0 spiro atoms. The molecule has 0 radical (unpaired) electrons. The van der Waals surface area contributed by atoms with Crippen molar-refractivity contribution >= 4 is 11.8 Å². The summed E-state index contributed by atoms with van der Waals surface area (Å²) >= 11 is 0. The molecule has 5 aliphatic carbocycles. The molecule has 5 rings (SSSR count). The molecule has 0 aromatic carbocycles. The minimum atomic E-state index is 0.0890. The monoisotopic (exact) mass is 482 g/mol. The van der Waals surface area contributed by atoms with Crippen molar-refractivity contribution in [2.24, 2.45) is 52.3 Å². The van der Waals surface area contributed by atoms with Crippen molar-refractivity contribution in [2.75, 3.05) is 0 Å². The lowest BCUT2D eigenvalue weighted by Gasteiger charge is -2.62. The van der Waals surface area contributed by atoms with Gasteiger partial charge in [-0.1, -0.05) is 59.5 Å². The topological polar surface area (TPSA) is 43.4 Å². The highest BCUT2D eigenvalue weighted by Gasteiger charge is 2.63. The second-order valence-electron chi connectivity index (χ2n) is 14.0. The highest BCUT2D eigenvalue weighted by Crippen LogP contribution is 2.68. The van der Waals surface area contributed by atoms with Crippen molar-refractivity contribution in [3.63, 3.8) is 0 Å². The maximum absolute atomic E-state index is 13.3. The highest BCUT2D eigenvalue weighted by atomic mass is 16.5. The Kier molecular flexibility index (Phi) is 7.03. The molecule has 0 N–H and O–H groups in total. The molecule has 0 aromatic rings. The number of carbonyl (C=O) groups excluding carboxylic acids is 2. The number of esters is 1. The largest absolute Gasteiger partial charge is 0.462 e. The van der Waals surface area contributed by atoms with Crippen LogP contribution in [0.3, 0.4) is 0 Å². The Labute approximate surface area is 214 Å². The van der Waals surface area contributed by atoms with E-state index < -0.39 is 0 Å². The van der Waals surface area contributed by atoms with Gasteiger partial charge in [-0.15, -0.1) is 0 Å². The maximum atomic E-state index is 13.3. The standard InChI is InChI=1S/C32H50O3/c1-6-7-8-22-9-11-23(12-10-22)30(34)35-27-14-13-26-28-20(2)17-24-18-25(33)15-16-31(24,4)29(28)21(3)19-32(26,27)5/h18,20-23,26-29H,6-17,19H2,1-5H3/t20?,21?,22?,23?,26?,27-,28?,29?,31-,32-/m0/s1. The minimum absolute atomic E-state index is 0.0890. The Morgan fingerprint density at radius 2 is 1.80 bits per heavy atom. The van der Waals surface area contributed by atoms with Crippen molar-refractivity contribution in [2.45, 2.75) is 124 Å². The van der Waals surface area contributed by atoms with Gasteiger partial charge < -0.3 is 4.74 Å². The third-order valence-electron chi connectivity index (χ3n) is 11.9. The molecule has 5 aliphatic rings. The van der Waals surface area contributed by atoms with Crippen LogP contribution in [0.2, 0.25) is 0 Å². The molecule has 5 unspecified atom stereocenters. The predicted molar refractivity (Wildman–Crippen MR) is 141 cm³/mol. The van der Waals surface area contributed by atoms with E-state index >= 15 is 0 Å². The smallest absolute Gasteiger partial charge is 0.309 e. The van der Waals surface area contributed by atoms with Crippen LogP contribution in [0.4, 0.5) is 0 Å². The molecular weight excluding hydrogens is 432 g/mol. The average molecular weight is 483 g/mol. The quantitative estimate of drug-likeness (QED) is 0.374. The van der Waals surface area contributed by atoms with Gasteiger partial charge in [0, 0.05) is 11.8 Å². The number of unbranched alkanes of at least 4 members (excludes halogenated alkanes) is 1. The van der Waals surface area contributed by atoms with Crippen LogP contribution in [-0.4, -0.2) is 17.9 Å². The molecule has 0 bridgehead atoms. The molecule has 0 aromatic heterocycles. The van der Waals surface area contributed by atoms with E-state index in [9.17, 15) is 9.59 Å². The molecule has 3 heteroatoms. The van der Waals surface area contributed by atoms with E-state index in [4.69, 9.17) is 4.74 Å². The molecule has 35 heavy (non-hydrogen) atoms. The fourth-order valence-corrected chi connectivity index (χ4v) is 10.1.